The highest BCUT2D eigenvalue weighted by molar-refractivity contribution is 6.32. The van der Waals surface area contributed by atoms with E-state index in [1.54, 1.807) is 12.3 Å². The number of hydrogen-bond donors (Lipinski definition) is 1. The number of benzene rings is 3. The molecule has 1 N–H and O–H groups in total. The molecule has 1 fully saturated rings. The molecule has 0 amide bonds. The third-order valence-corrected chi connectivity index (χ3v) is 9.22. The molecule has 0 spiro atoms. The fourth-order valence-corrected chi connectivity index (χ4v) is 6.32. The molecule has 1 aliphatic heterocycles. The van der Waals surface area contributed by atoms with Gasteiger partial charge >= 0.3 is 0 Å². The van der Waals surface area contributed by atoms with Crippen LogP contribution < -0.4 is 9.47 Å². The summed E-state index contributed by atoms with van der Waals surface area (Å²) in [7, 11) is 1.92. The second kappa shape index (κ2) is 17.4. The third kappa shape index (κ3) is 9.34. The minimum absolute atomic E-state index is 0.0447. The quantitative estimate of drug-likeness (QED) is 0.127. The van der Waals surface area contributed by atoms with Crippen molar-refractivity contribution in [2.75, 3.05) is 46.4 Å². The van der Waals surface area contributed by atoms with Gasteiger partial charge in [0.25, 0.3) is 0 Å². The van der Waals surface area contributed by atoms with Crippen LogP contribution >= 0.6 is 11.6 Å². The van der Waals surface area contributed by atoms with E-state index in [4.69, 9.17) is 25.8 Å². The smallest absolute Gasteiger partial charge is 0.142 e. The normalized spacial score (nSPS) is 13.2. The van der Waals surface area contributed by atoms with Gasteiger partial charge in [-0.3, -0.25) is 9.88 Å². The Labute approximate surface area is 289 Å². The van der Waals surface area contributed by atoms with Crippen molar-refractivity contribution in [3.63, 3.8) is 0 Å². The summed E-state index contributed by atoms with van der Waals surface area (Å²) < 4.78 is 18.7. The Morgan fingerprint density at radius 1 is 0.896 bits per heavy atom. The van der Waals surface area contributed by atoms with Crippen molar-refractivity contribution in [1.82, 2.24) is 14.8 Å². The fraction of sp³-hybridized carbons (Fsp3) is 0.385. The van der Waals surface area contributed by atoms with E-state index in [9.17, 15) is 10.4 Å². The van der Waals surface area contributed by atoms with E-state index in [1.165, 1.54) is 48.8 Å². The maximum atomic E-state index is 9.42. The molecule has 5 rings (SSSR count). The first-order valence-electron chi connectivity index (χ1n) is 16.5. The first kappa shape index (κ1) is 35.3. The minimum Gasteiger partial charge on any atom is -0.488 e. The molecule has 1 aromatic heterocycles. The monoisotopic (exact) mass is 668 g/mol. The predicted octanol–water partition coefficient (Wildman–Crippen LogP) is 7.09. The van der Waals surface area contributed by atoms with Crippen molar-refractivity contribution in [2.45, 2.75) is 53.1 Å². The fourth-order valence-electron chi connectivity index (χ4n) is 6.07. The number of aliphatic hydroxyl groups is 1. The summed E-state index contributed by atoms with van der Waals surface area (Å²) in [5.41, 5.74) is 9.10. The van der Waals surface area contributed by atoms with Gasteiger partial charge in [-0.15, -0.1) is 0 Å². The van der Waals surface area contributed by atoms with Crippen molar-refractivity contribution >= 4 is 11.6 Å². The van der Waals surface area contributed by atoms with Gasteiger partial charge in [-0.05, 0) is 92.3 Å². The first-order chi connectivity index (χ1) is 23.4. The van der Waals surface area contributed by atoms with Crippen LogP contribution in [0.15, 0.2) is 67.0 Å². The van der Waals surface area contributed by atoms with Crippen molar-refractivity contribution in [3.05, 3.63) is 111 Å². The Bertz CT molecular complexity index is 1720. The lowest BCUT2D eigenvalue weighted by molar-refractivity contribution is 0.0990. The van der Waals surface area contributed by atoms with Gasteiger partial charge in [-0.2, -0.15) is 5.26 Å². The lowest BCUT2D eigenvalue weighted by atomic mass is 9.92. The summed E-state index contributed by atoms with van der Waals surface area (Å²) in [5.74, 6) is 1.13. The summed E-state index contributed by atoms with van der Waals surface area (Å²) in [6, 6.07) is 20.3. The van der Waals surface area contributed by atoms with Crippen LogP contribution in [0.4, 0.5) is 0 Å². The summed E-state index contributed by atoms with van der Waals surface area (Å²) in [6.45, 7) is 10.6. The zero-order chi connectivity index (χ0) is 33.9. The Morgan fingerprint density at radius 3 is 2.27 bits per heavy atom. The van der Waals surface area contributed by atoms with Crippen molar-refractivity contribution < 1.29 is 19.3 Å². The van der Waals surface area contributed by atoms with Crippen LogP contribution in [-0.4, -0.2) is 66.3 Å². The molecule has 0 unspecified atom stereocenters. The van der Waals surface area contributed by atoms with Crippen molar-refractivity contribution in [1.29, 1.82) is 5.26 Å². The number of nitriles is 1. The number of nitrogens with zero attached hydrogens (tertiary/aromatic N) is 4. The van der Waals surface area contributed by atoms with Gasteiger partial charge in [0.05, 0.1) is 30.4 Å². The molecular formula is C39H45ClN4O4. The van der Waals surface area contributed by atoms with E-state index in [1.807, 2.05) is 24.1 Å². The number of ether oxygens (including phenoxy) is 3. The number of likely N-dealkylation sites (tertiary alicyclic amines) is 1. The highest BCUT2D eigenvalue weighted by atomic mass is 35.5. The molecule has 0 saturated carbocycles. The summed E-state index contributed by atoms with van der Waals surface area (Å²) in [6.07, 6.45) is 5.79. The third-order valence-electron chi connectivity index (χ3n) is 8.93. The predicted molar refractivity (Wildman–Crippen MR) is 189 cm³/mol. The van der Waals surface area contributed by atoms with Gasteiger partial charge in [0.15, 0.2) is 0 Å². The summed E-state index contributed by atoms with van der Waals surface area (Å²) in [4.78, 5) is 8.61. The number of aromatic nitrogens is 1. The minimum atomic E-state index is 0.0447. The Morgan fingerprint density at radius 2 is 1.58 bits per heavy atom. The highest BCUT2D eigenvalue weighted by Gasteiger charge is 2.16. The highest BCUT2D eigenvalue weighted by Crippen LogP contribution is 2.36. The van der Waals surface area contributed by atoms with Gasteiger partial charge in [0.2, 0.25) is 0 Å². The number of rotatable bonds is 16. The van der Waals surface area contributed by atoms with Crippen LogP contribution in [0.5, 0.6) is 11.5 Å². The van der Waals surface area contributed by atoms with Gasteiger partial charge in [0, 0.05) is 49.2 Å². The maximum Gasteiger partial charge on any atom is 0.142 e. The SMILES string of the molecule is Cc1c(COCCN2CCCC2)cccc1-c1cccc(COc2cc(OCc3cncc(C#N)c3)c(CN(C)CCO)cc2Cl)c1C. The first-order valence-corrected chi connectivity index (χ1v) is 16.9. The molecule has 9 heteroatoms. The van der Waals surface area contributed by atoms with Gasteiger partial charge in [-0.1, -0.05) is 48.0 Å². The van der Waals surface area contributed by atoms with Crippen LogP contribution in [0.1, 0.15) is 51.8 Å². The molecule has 0 radical (unpaired) electrons. The Hall–Kier alpha value is -3.97. The number of halogens is 1. The average Bonchev–Trinajstić information content (AvgIpc) is 3.61. The van der Waals surface area contributed by atoms with Crippen LogP contribution in [0, 0.1) is 25.2 Å². The summed E-state index contributed by atoms with van der Waals surface area (Å²) >= 11 is 6.77. The van der Waals surface area contributed by atoms with Crippen LogP contribution in [0.3, 0.4) is 0 Å². The molecule has 3 aromatic carbocycles. The average molecular weight is 669 g/mol. The molecule has 4 aromatic rings. The number of aliphatic hydroxyl groups excluding tert-OH is 1. The maximum absolute atomic E-state index is 9.42. The molecule has 252 valence electrons. The van der Waals surface area contributed by atoms with Gasteiger partial charge < -0.3 is 24.2 Å². The molecule has 1 aliphatic rings. The van der Waals surface area contributed by atoms with Gasteiger partial charge in [-0.25, -0.2) is 0 Å². The number of hydrogen-bond acceptors (Lipinski definition) is 8. The molecule has 1 saturated heterocycles. The topological polar surface area (TPSA) is 91.1 Å². The van der Waals surface area contributed by atoms with Crippen LogP contribution in [0.2, 0.25) is 5.02 Å². The molecule has 0 aliphatic carbocycles. The number of pyridine rings is 1. The lowest BCUT2D eigenvalue weighted by Crippen LogP contribution is -2.23. The summed E-state index contributed by atoms with van der Waals surface area (Å²) in [5, 5.41) is 19.2. The van der Waals surface area contributed by atoms with Crippen molar-refractivity contribution in [3.8, 4) is 28.7 Å². The zero-order valence-corrected chi connectivity index (χ0v) is 28.9. The Balaban J connectivity index is 1.31. The second-order valence-corrected chi connectivity index (χ2v) is 12.8. The zero-order valence-electron chi connectivity index (χ0n) is 28.2. The molecule has 0 bridgehead atoms. The van der Waals surface area contributed by atoms with E-state index in [-0.39, 0.29) is 13.2 Å². The molecule has 2 heterocycles. The van der Waals surface area contributed by atoms with E-state index in [2.05, 4.69) is 66.2 Å². The molecule has 8 nitrogen and oxygen atoms in total. The molecule has 0 atom stereocenters. The van der Waals surface area contributed by atoms with Gasteiger partial charge in [0.1, 0.15) is 30.8 Å². The molecular weight excluding hydrogens is 624 g/mol. The van der Waals surface area contributed by atoms with E-state index in [0.717, 1.165) is 41.0 Å². The Kier molecular flexibility index (Phi) is 12.8. The number of likely N-dealkylation sites (N-methyl/N-ethyl adjacent to an activating group) is 1. The van der Waals surface area contributed by atoms with E-state index >= 15 is 0 Å². The second-order valence-electron chi connectivity index (χ2n) is 12.4. The van der Waals surface area contributed by atoms with Crippen LogP contribution in [0.25, 0.3) is 11.1 Å². The molecule has 48 heavy (non-hydrogen) atoms. The van der Waals surface area contributed by atoms with Crippen molar-refractivity contribution in [2.24, 2.45) is 0 Å². The van der Waals surface area contributed by atoms with E-state index < -0.39 is 0 Å². The lowest BCUT2D eigenvalue weighted by Gasteiger charge is -2.20. The largest absolute Gasteiger partial charge is 0.488 e. The van der Waals surface area contributed by atoms with Crippen LogP contribution in [-0.2, 0) is 31.1 Å². The standard InChI is InChI=1S/C39H45ClN4O4/c1-28-32(26-46-17-15-44-12-4-5-13-44)8-6-10-35(28)36-11-7-9-33(29(36)2)27-48-39-20-38(34(19-37(39)40)24-43(3)14-16-45)47-25-31-18-30(21-41)22-42-23-31/h6-11,18-20,22-23,45H,4-5,12-17,24-27H2,1-3H3. The van der Waals surface area contributed by atoms with E-state index in [0.29, 0.717) is 48.4 Å².